The molecule has 0 fully saturated rings. The van der Waals surface area contributed by atoms with Crippen LogP contribution in [0.15, 0.2) is 28.8 Å². The number of phenolic OH excluding ortho intramolecular Hbond substituents is 1. The van der Waals surface area contributed by atoms with Crippen LogP contribution in [-0.4, -0.2) is 16.8 Å². The van der Waals surface area contributed by atoms with Gasteiger partial charge in [-0.05, 0) is 25.1 Å². The summed E-state index contributed by atoms with van der Waals surface area (Å²) < 4.78 is 5.33. The number of hydrogen-bond donors (Lipinski definition) is 2. The van der Waals surface area contributed by atoms with Crippen molar-refractivity contribution in [2.24, 2.45) is 5.73 Å². The van der Waals surface area contributed by atoms with E-state index in [-0.39, 0.29) is 5.75 Å². The van der Waals surface area contributed by atoms with E-state index in [1.54, 1.807) is 12.1 Å². The van der Waals surface area contributed by atoms with E-state index in [0.29, 0.717) is 12.5 Å². The molecule has 0 aliphatic heterocycles. The second kappa shape index (κ2) is 3.89. The molecule has 3 N–H and O–H groups in total. The molecule has 17 heavy (non-hydrogen) atoms. The molecule has 0 radical (unpaired) electrons. The van der Waals surface area contributed by atoms with Crippen molar-refractivity contribution >= 4 is 0 Å². The highest BCUT2D eigenvalue weighted by atomic mass is 16.5. The smallest absolute Gasteiger partial charge is 0.140 e. The van der Waals surface area contributed by atoms with Crippen molar-refractivity contribution in [1.29, 1.82) is 0 Å². The van der Waals surface area contributed by atoms with Gasteiger partial charge < -0.3 is 15.4 Å². The summed E-state index contributed by atoms with van der Waals surface area (Å²) in [6, 6.07) is 7.17. The number of nitrogens with zero attached hydrogens (tertiary/aromatic N) is 1. The molecule has 0 bridgehead atoms. The molecule has 3 rings (SSSR count). The molecule has 1 aliphatic rings. The summed E-state index contributed by atoms with van der Waals surface area (Å²) in [6.45, 7) is 0.592. The summed E-state index contributed by atoms with van der Waals surface area (Å²) in [4.78, 5) is 0. The highest BCUT2D eigenvalue weighted by Crippen LogP contribution is 2.41. The van der Waals surface area contributed by atoms with Crippen LogP contribution in [0.3, 0.4) is 0 Å². The Morgan fingerprint density at radius 1 is 1.41 bits per heavy atom. The summed E-state index contributed by atoms with van der Waals surface area (Å²) in [5, 5.41) is 13.9. The Labute approximate surface area is 99.0 Å². The van der Waals surface area contributed by atoms with Gasteiger partial charge in [0.1, 0.15) is 17.2 Å². The van der Waals surface area contributed by atoms with Crippen LogP contribution in [0.4, 0.5) is 0 Å². The molecule has 1 unspecified atom stereocenters. The highest BCUT2D eigenvalue weighted by molar-refractivity contribution is 5.71. The van der Waals surface area contributed by atoms with E-state index < -0.39 is 0 Å². The maximum absolute atomic E-state index is 9.86. The fourth-order valence-electron chi connectivity index (χ4n) is 2.49. The number of fused-ring (bicyclic) bond motifs is 1. The van der Waals surface area contributed by atoms with E-state index in [2.05, 4.69) is 5.16 Å². The minimum Gasteiger partial charge on any atom is -0.507 e. The molecule has 1 atom stereocenters. The van der Waals surface area contributed by atoms with Crippen molar-refractivity contribution in [3.05, 3.63) is 35.6 Å². The van der Waals surface area contributed by atoms with Gasteiger partial charge in [0.25, 0.3) is 0 Å². The third-order valence-electron chi connectivity index (χ3n) is 3.37. The monoisotopic (exact) mass is 230 g/mol. The van der Waals surface area contributed by atoms with Gasteiger partial charge in [-0.25, -0.2) is 0 Å². The van der Waals surface area contributed by atoms with Crippen LogP contribution in [0.25, 0.3) is 11.3 Å². The number of rotatable bonds is 2. The molecule has 0 saturated carbocycles. The van der Waals surface area contributed by atoms with E-state index in [1.165, 1.54) is 0 Å². The highest BCUT2D eigenvalue weighted by Gasteiger charge is 2.30. The molecule has 2 aromatic rings. The molecule has 0 spiro atoms. The fraction of sp³-hybridized carbons (Fsp3) is 0.308. The maximum atomic E-state index is 9.86. The van der Waals surface area contributed by atoms with Gasteiger partial charge in [-0.15, -0.1) is 0 Å². The third-order valence-corrected chi connectivity index (χ3v) is 3.37. The van der Waals surface area contributed by atoms with E-state index in [4.69, 9.17) is 10.3 Å². The van der Waals surface area contributed by atoms with Crippen LogP contribution in [-0.2, 0) is 6.42 Å². The molecule has 4 heteroatoms. The van der Waals surface area contributed by atoms with E-state index in [0.717, 1.165) is 35.4 Å². The lowest BCUT2D eigenvalue weighted by Gasteiger charge is -2.08. The number of aromatic nitrogens is 1. The zero-order valence-electron chi connectivity index (χ0n) is 9.39. The third kappa shape index (κ3) is 1.52. The van der Waals surface area contributed by atoms with Crippen molar-refractivity contribution < 1.29 is 9.63 Å². The van der Waals surface area contributed by atoms with Gasteiger partial charge in [-0.1, -0.05) is 17.3 Å². The van der Waals surface area contributed by atoms with Crippen LogP contribution in [0.5, 0.6) is 5.75 Å². The van der Waals surface area contributed by atoms with Crippen LogP contribution in [0, 0.1) is 0 Å². The van der Waals surface area contributed by atoms with Crippen molar-refractivity contribution in [2.45, 2.75) is 18.8 Å². The van der Waals surface area contributed by atoms with Crippen LogP contribution >= 0.6 is 0 Å². The fourth-order valence-corrected chi connectivity index (χ4v) is 2.49. The van der Waals surface area contributed by atoms with E-state index >= 15 is 0 Å². The molecule has 1 aromatic heterocycles. The molecule has 88 valence electrons. The van der Waals surface area contributed by atoms with Gasteiger partial charge in [-0.3, -0.25) is 0 Å². The zero-order chi connectivity index (χ0) is 11.8. The maximum Gasteiger partial charge on any atom is 0.140 e. The lowest BCUT2D eigenvalue weighted by molar-refractivity contribution is 0.387. The predicted octanol–water partition coefficient (Wildman–Crippen LogP) is 2.04. The van der Waals surface area contributed by atoms with Gasteiger partial charge in [0.15, 0.2) is 0 Å². The van der Waals surface area contributed by atoms with Gasteiger partial charge in [-0.2, -0.15) is 0 Å². The number of nitrogens with two attached hydrogens (primary N) is 1. The van der Waals surface area contributed by atoms with Gasteiger partial charge in [0.2, 0.25) is 0 Å². The van der Waals surface area contributed by atoms with E-state index in [1.807, 2.05) is 12.1 Å². The van der Waals surface area contributed by atoms with Gasteiger partial charge >= 0.3 is 0 Å². The lowest BCUT2D eigenvalue weighted by Crippen LogP contribution is -2.09. The molecular formula is C13H14N2O2. The SMILES string of the molecule is NCC1CCc2onc(-c3ccccc3O)c21. The first-order valence-electron chi connectivity index (χ1n) is 5.78. The first-order valence-corrected chi connectivity index (χ1v) is 5.78. The molecule has 4 nitrogen and oxygen atoms in total. The summed E-state index contributed by atoms with van der Waals surface area (Å²) in [5.41, 5.74) is 8.30. The summed E-state index contributed by atoms with van der Waals surface area (Å²) in [6.07, 6.45) is 1.89. The van der Waals surface area contributed by atoms with Crippen molar-refractivity contribution in [3.63, 3.8) is 0 Å². The predicted molar refractivity (Wildman–Crippen MR) is 63.7 cm³/mol. The first-order chi connectivity index (χ1) is 8.31. The normalized spacial score (nSPS) is 18.3. The second-order valence-corrected chi connectivity index (χ2v) is 4.36. The van der Waals surface area contributed by atoms with Crippen molar-refractivity contribution in [2.75, 3.05) is 6.54 Å². The molecule has 1 heterocycles. The summed E-state index contributed by atoms with van der Waals surface area (Å²) in [5.74, 6) is 1.44. The van der Waals surface area contributed by atoms with Gasteiger partial charge in [0, 0.05) is 23.5 Å². The second-order valence-electron chi connectivity index (χ2n) is 4.36. The molecule has 0 saturated heterocycles. The van der Waals surface area contributed by atoms with Crippen molar-refractivity contribution in [3.8, 4) is 17.0 Å². The van der Waals surface area contributed by atoms with Crippen LogP contribution in [0.2, 0.25) is 0 Å². The number of phenols is 1. The Balaban J connectivity index is 2.15. The molecule has 1 aliphatic carbocycles. The van der Waals surface area contributed by atoms with Gasteiger partial charge in [0.05, 0.1) is 0 Å². The Bertz CT molecular complexity index is 548. The zero-order valence-corrected chi connectivity index (χ0v) is 9.39. The number of hydrogen-bond acceptors (Lipinski definition) is 4. The van der Waals surface area contributed by atoms with Crippen LogP contribution < -0.4 is 5.73 Å². The largest absolute Gasteiger partial charge is 0.507 e. The average Bonchev–Trinajstić information content (AvgIpc) is 2.91. The Morgan fingerprint density at radius 2 is 2.24 bits per heavy atom. The van der Waals surface area contributed by atoms with Crippen molar-refractivity contribution in [1.82, 2.24) is 5.16 Å². The Kier molecular flexibility index (Phi) is 2.37. The number of para-hydroxylation sites is 1. The topological polar surface area (TPSA) is 72.3 Å². The number of benzene rings is 1. The quantitative estimate of drug-likeness (QED) is 0.828. The lowest BCUT2D eigenvalue weighted by atomic mass is 9.98. The van der Waals surface area contributed by atoms with Crippen LogP contribution in [0.1, 0.15) is 23.7 Å². The minimum absolute atomic E-state index is 0.228. The molecule has 0 amide bonds. The summed E-state index contributed by atoms with van der Waals surface area (Å²) >= 11 is 0. The number of aromatic hydroxyl groups is 1. The Morgan fingerprint density at radius 3 is 3.00 bits per heavy atom. The molecule has 1 aromatic carbocycles. The Hall–Kier alpha value is -1.81. The minimum atomic E-state index is 0.228. The first kappa shape index (κ1) is 10.4. The average molecular weight is 230 g/mol. The molecular weight excluding hydrogens is 216 g/mol. The summed E-state index contributed by atoms with van der Waals surface area (Å²) in [7, 11) is 0. The van der Waals surface area contributed by atoms with E-state index in [9.17, 15) is 5.11 Å². The standard InChI is InChI=1S/C13H14N2O2/c14-7-8-5-6-11-12(8)13(15-17-11)9-3-1-2-4-10(9)16/h1-4,8,16H,5-7,14H2. The number of aryl methyl sites for hydroxylation is 1.